The minimum Gasteiger partial charge on any atom is -0.369 e. The van der Waals surface area contributed by atoms with E-state index in [4.69, 9.17) is 15.0 Å². The standard InChI is InChI=1S/C10H13FN6O5S/c11-5-1-4(2-14-23(19,20)21)22-9(5)17-3-13-6-7(17)15-10(12)16-8(6)18/h3-5,9,14H,1-2H2,(H,19,20,21)(H3,12,15,16,18)/t4-,5+,9+/m0/s1. The predicted octanol–water partition coefficient (Wildman–Crippen LogP) is -1.28. The number of alkyl halides is 1. The number of imidazole rings is 1. The highest BCUT2D eigenvalue weighted by Gasteiger charge is 2.38. The van der Waals surface area contributed by atoms with E-state index in [1.165, 1.54) is 10.9 Å². The van der Waals surface area contributed by atoms with E-state index in [2.05, 4.69) is 15.0 Å². The molecule has 0 aromatic carbocycles. The smallest absolute Gasteiger partial charge is 0.333 e. The zero-order valence-corrected chi connectivity index (χ0v) is 12.3. The third kappa shape index (κ3) is 3.17. The lowest BCUT2D eigenvalue weighted by Gasteiger charge is -2.15. The van der Waals surface area contributed by atoms with Crippen molar-refractivity contribution in [3.63, 3.8) is 0 Å². The zero-order chi connectivity index (χ0) is 16.8. The number of nitrogens with one attached hydrogen (secondary N) is 2. The molecule has 0 aliphatic carbocycles. The van der Waals surface area contributed by atoms with Crippen molar-refractivity contribution in [3.05, 3.63) is 16.7 Å². The van der Waals surface area contributed by atoms with Crippen molar-refractivity contribution in [2.75, 3.05) is 12.3 Å². The number of fused-ring (bicyclic) bond motifs is 1. The number of aromatic nitrogens is 4. The number of nitrogens with two attached hydrogens (primary N) is 1. The molecule has 1 aliphatic heterocycles. The lowest BCUT2D eigenvalue weighted by Crippen LogP contribution is -2.31. The molecule has 126 valence electrons. The number of rotatable bonds is 4. The Morgan fingerprint density at radius 1 is 1.61 bits per heavy atom. The van der Waals surface area contributed by atoms with Crippen LogP contribution in [0.3, 0.4) is 0 Å². The van der Waals surface area contributed by atoms with Gasteiger partial charge in [0.1, 0.15) is 6.17 Å². The second-order valence-corrected chi connectivity index (χ2v) is 6.24. The molecule has 11 nitrogen and oxygen atoms in total. The van der Waals surface area contributed by atoms with Gasteiger partial charge < -0.3 is 10.5 Å². The Balaban J connectivity index is 1.86. The first kappa shape index (κ1) is 15.8. The van der Waals surface area contributed by atoms with Crippen LogP contribution in [0.15, 0.2) is 11.1 Å². The van der Waals surface area contributed by atoms with Gasteiger partial charge in [0.2, 0.25) is 5.95 Å². The number of nitrogen functional groups attached to an aromatic ring is 1. The second kappa shape index (κ2) is 5.52. The predicted molar refractivity (Wildman–Crippen MR) is 75.5 cm³/mol. The topological polar surface area (TPSA) is 165 Å². The molecule has 0 spiro atoms. The molecule has 0 radical (unpaired) electrons. The molecule has 2 aromatic rings. The van der Waals surface area contributed by atoms with Crippen molar-refractivity contribution < 1.29 is 22.1 Å². The Hall–Kier alpha value is -2.09. The quantitative estimate of drug-likeness (QED) is 0.496. The van der Waals surface area contributed by atoms with Gasteiger partial charge in [-0.15, -0.1) is 0 Å². The van der Waals surface area contributed by atoms with Crippen LogP contribution in [0.4, 0.5) is 10.3 Å². The fourth-order valence-electron chi connectivity index (χ4n) is 2.40. The summed E-state index contributed by atoms with van der Waals surface area (Å²) in [6.45, 7) is -0.293. The van der Waals surface area contributed by atoms with Crippen LogP contribution in [0.1, 0.15) is 12.6 Å². The molecule has 0 saturated carbocycles. The van der Waals surface area contributed by atoms with E-state index in [1.54, 1.807) is 0 Å². The monoisotopic (exact) mass is 348 g/mol. The molecule has 0 bridgehead atoms. The Bertz CT molecular complexity index is 895. The molecule has 1 saturated heterocycles. The van der Waals surface area contributed by atoms with E-state index < -0.39 is 34.4 Å². The van der Waals surface area contributed by atoms with Gasteiger partial charge in [-0.2, -0.15) is 18.1 Å². The summed E-state index contributed by atoms with van der Waals surface area (Å²) in [4.78, 5) is 21.7. The molecule has 1 fully saturated rings. The van der Waals surface area contributed by atoms with Crippen LogP contribution >= 0.6 is 0 Å². The average Bonchev–Trinajstić information content (AvgIpc) is 2.99. The average molecular weight is 348 g/mol. The first-order valence-electron chi connectivity index (χ1n) is 6.48. The summed E-state index contributed by atoms with van der Waals surface area (Å²) in [5, 5.41) is 0. The SMILES string of the molecule is Nc1nc2c(ncn2[C@@H]2O[C@H](CNS(=O)(=O)O)C[C@H]2F)c(=O)[nH]1. The van der Waals surface area contributed by atoms with Crippen LogP contribution in [0.2, 0.25) is 0 Å². The van der Waals surface area contributed by atoms with Crippen LogP contribution in [-0.2, 0) is 15.0 Å². The molecular weight excluding hydrogens is 335 g/mol. The largest absolute Gasteiger partial charge is 0.369 e. The van der Waals surface area contributed by atoms with E-state index in [9.17, 15) is 17.6 Å². The molecule has 0 amide bonds. The maximum atomic E-state index is 14.2. The van der Waals surface area contributed by atoms with Gasteiger partial charge in [-0.05, 0) is 0 Å². The van der Waals surface area contributed by atoms with Crippen LogP contribution in [0.25, 0.3) is 11.2 Å². The van der Waals surface area contributed by atoms with Crippen molar-refractivity contribution in [1.29, 1.82) is 0 Å². The van der Waals surface area contributed by atoms with Gasteiger partial charge in [-0.1, -0.05) is 0 Å². The van der Waals surface area contributed by atoms with Crippen molar-refractivity contribution in [1.82, 2.24) is 24.2 Å². The van der Waals surface area contributed by atoms with Crippen molar-refractivity contribution >= 4 is 27.4 Å². The summed E-state index contributed by atoms with van der Waals surface area (Å²) < 4.78 is 52.6. The molecule has 3 atom stereocenters. The Labute approximate surface area is 128 Å². The summed E-state index contributed by atoms with van der Waals surface area (Å²) in [5.74, 6) is -0.151. The molecule has 2 aromatic heterocycles. The van der Waals surface area contributed by atoms with Crippen LogP contribution in [-0.4, -0.2) is 51.3 Å². The summed E-state index contributed by atoms with van der Waals surface area (Å²) >= 11 is 0. The molecular formula is C10H13FN6O5S. The second-order valence-electron chi connectivity index (χ2n) is 5.00. The van der Waals surface area contributed by atoms with Crippen molar-refractivity contribution in [3.8, 4) is 0 Å². The van der Waals surface area contributed by atoms with E-state index in [0.717, 1.165) is 0 Å². The maximum absolute atomic E-state index is 14.2. The molecule has 0 unspecified atom stereocenters. The summed E-state index contributed by atoms with van der Waals surface area (Å²) in [7, 11) is -4.39. The Kier molecular flexibility index (Phi) is 3.79. The molecule has 3 heterocycles. The number of ether oxygens (including phenoxy) is 1. The van der Waals surface area contributed by atoms with Gasteiger partial charge >= 0.3 is 10.3 Å². The lowest BCUT2D eigenvalue weighted by molar-refractivity contribution is -0.0140. The van der Waals surface area contributed by atoms with Crippen LogP contribution < -0.4 is 16.0 Å². The van der Waals surface area contributed by atoms with Gasteiger partial charge in [-0.3, -0.25) is 18.9 Å². The normalized spacial score (nSPS) is 25.2. The maximum Gasteiger partial charge on any atom is 0.333 e. The fourth-order valence-corrected chi connectivity index (χ4v) is 2.80. The minimum atomic E-state index is -4.39. The minimum absolute atomic E-state index is 0.0190. The zero-order valence-electron chi connectivity index (χ0n) is 11.5. The highest BCUT2D eigenvalue weighted by atomic mass is 32.2. The number of anilines is 1. The first-order chi connectivity index (χ1) is 10.7. The summed E-state index contributed by atoms with van der Waals surface area (Å²) in [6.07, 6.45) is -2.33. The van der Waals surface area contributed by atoms with Crippen molar-refractivity contribution in [2.45, 2.75) is 24.9 Å². The molecule has 13 heteroatoms. The molecule has 23 heavy (non-hydrogen) atoms. The number of H-pyrrole nitrogens is 1. The van der Waals surface area contributed by atoms with E-state index in [1.807, 2.05) is 4.72 Å². The Morgan fingerprint density at radius 3 is 3.04 bits per heavy atom. The van der Waals surface area contributed by atoms with Crippen LogP contribution in [0, 0.1) is 0 Å². The molecule has 3 rings (SSSR count). The van der Waals surface area contributed by atoms with Crippen LogP contribution in [0.5, 0.6) is 0 Å². The van der Waals surface area contributed by atoms with Crippen molar-refractivity contribution in [2.24, 2.45) is 0 Å². The summed E-state index contributed by atoms with van der Waals surface area (Å²) in [6, 6.07) is 0. The lowest BCUT2D eigenvalue weighted by atomic mass is 10.2. The van der Waals surface area contributed by atoms with Gasteiger partial charge in [0.15, 0.2) is 17.4 Å². The van der Waals surface area contributed by atoms with Gasteiger partial charge in [-0.25, -0.2) is 9.37 Å². The third-order valence-electron chi connectivity index (χ3n) is 3.35. The van der Waals surface area contributed by atoms with E-state index in [-0.39, 0.29) is 30.1 Å². The third-order valence-corrected chi connectivity index (χ3v) is 3.88. The van der Waals surface area contributed by atoms with Gasteiger partial charge in [0.05, 0.1) is 12.4 Å². The first-order valence-corrected chi connectivity index (χ1v) is 7.92. The number of nitrogens with zero attached hydrogens (tertiary/aromatic N) is 3. The van der Waals surface area contributed by atoms with Gasteiger partial charge in [0.25, 0.3) is 5.56 Å². The molecule has 5 N–H and O–H groups in total. The Morgan fingerprint density at radius 2 is 2.35 bits per heavy atom. The summed E-state index contributed by atoms with van der Waals surface area (Å²) in [5.41, 5.74) is 4.94. The highest BCUT2D eigenvalue weighted by molar-refractivity contribution is 7.83. The fraction of sp³-hybridized carbons (Fsp3) is 0.500. The number of aromatic amines is 1. The molecule has 1 aliphatic rings. The van der Waals surface area contributed by atoms with Gasteiger partial charge in [0, 0.05) is 13.0 Å². The van der Waals surface area contributed by atoms with E-state index >= 15 is 0 Å². The number of hydrogen-bond acceptors (Lipinski definition) is 7. The van der Waals surface area contributed by atoms with E-state index in [0.29, 0.717) is 0 Å². The number of halogens is 1. The number of hydrogen-bond donors (Lipinski definition) is 4. The highest BCUT2D eigenvalue weighted by Crippen LogP contribution is 2.32.